The number of piperidine rings is 1. The van der Waals surface area contributed by atoms with Crippen LogP contribution < -0.4 is 5.32 Å². The van der Waals surface area contributed by atoms with Crippen molar-refractivity contribution in [2.75, 3.05) is 25.5 Å². The fourth-order valence-corrected chi connectivity index (χ4v) is 3.26. The smallest absolute Gasteiger partial charge is 0.274 e. The summed E-state index contributed by atoms with van der Waals surface area (Å²) < 4.78 is 1.84. The van der Waals surface area contributed by atoms with Crippen molar-refractivity contribution < 1.29 is 4.79 Å². The molecule has 1 N–H and O–H groups in total. The molecule has 0 aromatic carbocycles. The van der Waals surface area contributed by atoms with Crippen molar-refractivity contribution in [1.82, 2.24) is 19.7 Å². The molecule has 1 aliphatic rings. The summed E-state index contributed by atoms with van der Waals surface area (Å²) in [5, 5.41) is 7.48. The number of hydrogen-bond donors (Lipinski definition) is 1. The van der Waals surface area contributed by atoms with Gasteiger partial charge in [0, 0.05) is 45.0 Å². The normalized spacial score (nSPS) is 17.8. The molecule has 0 bridgehead atoms. The predicted octanol–water partition coefficient (Wildman–Crippen LogP) is 2.75. The van der Waals surface area contributed by atoms with Crippen LogP contribution in [0.2, 0.25) is 0 Å². The predicted molar refractivity (Wildman–Crippen MR) is 94.2 cm³/mol. The van der Waals surface area contributed by atoms with Crippen molar-refractivity contribution in [3.05, 3.63) is 41.9 Å². The molecule has 6 heteroatoms. The summed E-state index contributed by atoms with van der Waals surface area (Å²) in [4.78, 5) is 18.9. The molecule has 128 valence electrons. The average molecular weight is 327 g/mol. The summed E-state index contributed by atoms with van der Waals surface area (Å²) in [6.45, 7) is 4.50. The van der Waals surface area contributed by atoms with Crippen LogP contribution in [-0.4, -0.2) is 45.7 Å². The third kappa shape index (κ3) is 3.58. The van der Waals surface area contributed by atoms with Gasteiger partial charge in [0.1, 0.15) is 11.5 Å². The van der Waals surface area contributed by atoms with E-state index in [0.29, 0.717) is 11.6 Å². The fraction of sp³-hybridized carbons (Fsp3) is 0.500. The maximum absolute atomic E-state index is 12.7. The third-order valence-electron chi connectivity index (χ3n) is 4.53. The van der Waals surface area contributed by atoms with Gasteiger partial charge < -0.3 is 10.2 Å². The van der Waals surface area contributed by atoms with Gasteiger partial charge in [0.05, 0.1) is 0 Å². The van der Waals surface area contributed by atoms with Gasteiger partial charge in [-0.05, 0) is 43.0 Å². The Morgan fingerprint density at radius 2 is 2.29 bits per heavy atom. The molecule has 6 nitrogen and oxygen atoms in total. The molecular formula is C18H25N5O. The topological polar surface area (TPSA) is 63.1 Å². The van der Waals surface area contributed by atoms with Gasteiger partial charge in [-0.1, -0.05) is 6.92 Å². The first-order valence-electron chi connectivity index (χ1n) is 8.67. The highest BCUT2D eigenvalue weighted by Crippen LogP contribution is 2.28. The van der Waals surface area contributed by atoms with E-state index in [1.165, 1.54) is 5.56 Å². The number of nitrogens with zero attached hydrogens (tertiary/aromatic N) is 4. The van der Waals surface area contributed by atoms with Crippen LogP contribution in [0.3, 0.4) is 0 Å². The average Bonchev–Trinajstić information content (AvgIpc) is 3.10. The summed E-state index contributed by atoms with van der Waals surface area (Å²) >= 11 is 0. The van der Waals surface area contributed by atoms with Gasteiger partial charge in [-0.15, -0.1) is 0 Å². The third-order valence-corrected chi connectivity index (χ3v) is 4.53. The number of hydrogen-bond acceptors (Lipinski definition) is 4. The number of aromatic nitrogens is 3. The monoisotopic (exact) mass is 327 g/mol. The fourth-order valence-electron chi connectivity index (χ4n) is 3.26. The SMILES string of the molecule is CCCn1ccc(C(=O)N2CCC[C@H](c3ccnc(NC)c3)C2)n1. The van der Waals surface area contributed by atoms with Crippen LogP contribution in [0, 0.1) is 0 Å². The van der Waals surface area contributed by atoms with E-state index in [4.69, 9.17) is 0 Å². The second-order valence-corrected chi connectivity index (χ2v) is 6.28. The summed E-state index contributed by atoms with van der Waals surface area (Å²) in [6.07, 6.45) is 6.84. The van der Waals surface area contributed by atoms with E-state index in [1.807, 2.05) is 35.1 Å². The number of nitrogens with one attached hydrogen (secondary N) is 1. The first-order chi connectivity index (χ1) is 11.7. The van der Waals surface area contributed by atoms with Crippen LogP contribution in [0.5, 0.6) is 0 Å². The lowest BCUT2D eigenvalue weighted by Crippen LogP contribution is -2.39. The molecule has 1 fully saturated rings. The number of aryl methyl sites for hydroxylation is 1. The molecule has 0 radical (unpaired) electrons. The maximum atomic E-state index is 12.7. The van der Waals surface area contributed by atoms with Crippen molar-refractivity contribution in [1.29, 1.82) is 0 Å². The zero-order chi connectivity index (χ0) is 16.9. The van der Waals surface area contributed by atoms with E-state index in [0.717, 1.165) is 44.7 Å². The highest BCUT2D eigenvalue weighted by Gasteiger charge is 2.26. The van der Waals surface area contributed by atoms with E-state index >= 15 is 0 Å². The largest absolute Gasteiger partial charge is 0.373 e. The van der Waals surface area contributed by atoms with E-state index in [1.54, 1.807) is 0 Å². The molecule has 2 aromatic rings. The molecule has 3 heterocycles. The minimum Gasteiger partial charge on any atom is -0.373 e. The van der Waals surface area contributed by atoms with Gasteiger partial charge in [-0.25, -0.2) is 4.98 Å². The summed E-state index contributed by atoms with van der Waals surface area (Å²) in [7, 11) is 1.87. The molecule has 1 amide bonds. The first kappa shape index (κ1) is 16.5. The molecule has 0 unspecified atom stereocenters. The van der Waals surface area contributed by atoms with Crippen molar-refractivity contribution in [3.8, 4) is 0 Å². The van der Waals surface area contributed by atoms with Crippen LogP contribution in [0.15, 0.2) is 30.6 Å². The molecule has 1 saturated heterocycles. The zero-order valence-electron chi connectivity index (χ0n) is 14.4. The molecular weight excluding hydrogens is 302 g/mol. The highest BCUT2D eigenvalue weighted by molar-refractivity contribution is 5.92. The quantitative estimate of drug-likeness (QED) is 0.917. The van der Waals surface area contributed by atoms with Crippen LogP contribution in [0.25, 0.3) is 0 Å². The van der Waals surface area contributed by atoms with Crippen LogP contribution in [-0.2, 0) is 6.54 Å². The standard InChI is InChI=1S/C18H25N5O/c1-3-9-23-11-7-16(21-23)18(24)22-10-4-5-15(13-22)14-6-8-20-17(12-14)19-2/h6-8,11-12,15H,3-5,9-10,13H2,1-2H3,(H,19,20)/t15-/m0/s1. The van der Waals surface area contributed by atoms with E-state index in [9.17, 15) is 4.79 Å². The first-order valence-corrected chi connectivity index (χ1v) is 8.67. The molecule has 0 saturated carbocycles. The van der Waals surface area contributed by atoms with Gasteiger partial charge in [0.25, 0.3) is 5.91 Å². The van der Waals surface area contributed by atoms with Gasteiger partial charge in [-0.3, -0.25) is 9.48 Å². The van der Waals surface area contributed by atoms with Crippen molar-refractivity contribution in [2.24, 2.45) is 0 Å². The Balaban J connectivity index is 1.71. The number of amides is 1. The molecule has 2 aromatic heterocycles. The maximum Gasteiger partial charge on any atom is 0.274 e. The number of likely N-dealkylation sites (tertiary alicyclic amines) is 1. The van der Waals surface area contributed by atoms with Crippen molar-refractivity contribution in [2.45, 2.75) is 38.6 Å². The van der Waals surface area contributed by atoms with Crippen molar-refractivity contribution in [3.63, 3.8) is 0 Å². The Labute approximate surface area is 142 Å². The van der Waals surface area contributed by atoms with E-state index in [2.05, 4.69) is 34.5 Å². The van der Waals surface area contributed by atoms with E-state index in [-0.39, 0.29) is 5.91 Å². The Hall–Kier alpha value is -2.37. The van der Waals surface area contributed by atoms with E-state index < -0.39 is 0 Å². The Bertz CT molecular complexity index is 696. The van der Waals surface area contributed by atoms with Crippen LogP contribution >= 0.6 is 0 Å². The van der Waals surface area contributed by atoms with Crippen LogP contribution in [0.4, 0.5) is 5.82 Å². The number of carbonyl (C=O) groups excluding carboxylic acids is 1. The van der Waals surface area contributed by atoms with Gasteiger partial charge in [-0.2, -0.15) is 5.10 Å². The zero-order valence-corrected chi connectivity index (χ0v) is 14.4. The number of pyridine rings is 1. The van der Waals surface area contributed by atoms with Crippen LogP contribution in [0.1, 0.15) is 48.2 Å². The van der Waals surface area contributed by atoms with Gasteiger partial charge >= 0.3 is 0 Å². The molecule has 1 atom stereocenters. The molecule has 0 aliphatic carbocycles. The second-order valence-electron chi connectivity index (χ2n) is 6.28. The molecule has 3 rings (SSSR count). The highest BCUT2D eigenvalue weighted by atomic mass is 16.2. The van der Waals surface area contributed by atoms with Gasteiger partial charge in [0.15, 0.2) is 0 Å². The van der Waals surface area contributed by atoms with Gasteiger partial charge in [0.2, 0.25) is 0 Å². The summed E-state index contributed by atoms with van der Waals surface area (Å²) in [6, 6.07) is 5.96. The minimum atomic E-state index is 0.0393. The Morgan fingerprint density at radius 3 is 3.08 bits per heavy atom. The lowest BCUT2D eigenvalue weighted by Gasteiger charge is -2.32. The van der Waals surface area contributed by atoms with Crippen molar-refractivity contribution >= 4 is 11.7 Å². The minimum absolute atomic E-state index is 0.0393. The summed E-state index contributed by atoms with van der Waals surface area (Å²) in [5.41, 5.74) is 1.79. The second kappa shape index (κ2) is 7.47. The number of rotatable bonds is 5. The molecule has 0 spiro atoms. The molecule has 1 aliphatic heterocycles. The lowest BCUT2D eigenvalue weighted by molar-refractivity contribution is 0.0700. The number of carbonyl (C=O) groups is 1. The molecule has 24 heavy (non-hydrogen) atoms. The lowest BCUT2D eigenvalue weighted by atomic mass is 9.91. The Morgan fingerprint density at radius 1 is 1.42 bits per heavy atom. The number of anilines is 1. The summed E-state index contributed by atoms with van der Waals surface area (Å²) in [5.74, 6) is 1.27. The Kier molecular flexibility index (Phi) is 5.13.